The average Bonchev–Trinajstić information content (AvgIpc) is 3.25. The Bertz CT molecular complexity index is 287. The minimum absolute atomic E-state index is 0.430. The van der Waals surface area contributed by atoms with Crippen molar-refractivity contribution in [3.8, 4) is 0 Å². The SMILES string of the molecule is O=C(CC1CCN(C2CC2)CC1)N1CCCCC1. The predicted octanol–water partition coefficient (Wildman–Crippen LogP) is 2.26. The summed E-state index contributed by atoms with van der Waals surface area (Å²) in [5.41, 5.74) is 0. The number of rotatable bonds is 3. The van der Waals surface area contributed by atoms with Crippen LogP contribution in [-0.4, -0.2) is 47.9 Å². The summed E-state index contributed by atoms with van der Waals surface area (Å²) in [5, 5.41) is 0. The third-order valence-electron chi connectivity index (χ3n) is 4.88. The third kappa shape index (κ3) is 3.05. The highest BCUT2D eigenvalue weighted by Crippen LogP contribution is 2.31. The number of likely N-dealkylation sites (tertiary alicyclic amines) is 2. The topological polar surface area (TPSA) is 23.6 Å². The van der Waals surface area contributed by atoms with Gasteiger partial charge >= 0.3 is 0 Å². The molecule has 0 spiro atoms. The van der Waals surface area contributed by atoms with Crippen molar-refractivity contribution in [2.45, 2.75) is 57.4 Å². The van der Waals surface area contributed by atoms with E-state index in [4.69, 9.17) is 0 Å². The number of piperidine rings is 2. The predicted molar refractivity (Wildman–Crippen MR) is 72.4 cm³/mol. The zero-order valence-corrected chi connectivity index (χ0v) is 11.4. The van der Waals surface area contributed by atoms with Gasteiger partial charge in [0.2, 0.25) is 5.91 Å². The standard InChI is InChI=1S/C15H26N2O/c18-15(17-8-2-1-3-9-17)12-13-6-10-16(11-7-13)14-4-5-14/h13-14H,1-12H2. The van der Waals surface area contributed by atoms with Gasteiger partial charge in [0.25, 0.3) is 0 Å². The molecule has 3 aliphatic rings. The lowest BCUT2D eigenvalue weighted by Gasteiger charge is -2.33. The molecule has 1 amide bonds. The summed E-state index contributed by atoms with van der Waals surface area (Å²) in [4.78, 5) is 17.0. The second-order valence-electron chi connectivity index (χ2n) is 6.36. The summed E-state index contributed by atoms with van der Waals surface area (Å²) < 4.78 is 0. The maximum atomic E-state index is 12.2. The van der Waals surface area contributed by atoms with Crippen molar-refractivity contribution in [2.75, 3.05) is 26.2 Å². The van der Waals surface area contributed by atoms with Gasteiger partial charge in [-0.25, -0.2) is 0 Å². The number of hydrogen-bond donors (Lipinski definition) is 0. The summed E-state index contributed by atoms with van der Waals surface area (Å²) in [6, 6.07) is 0.906. The van der Waals surface area contributed by atoms with Gasteiger partial charge in [0, 0.05) is 25.6 Å². The molecule has 3 heteroatoms. The molecular weight excluding hydrogens is 224 g/mol. The van der Waals surface area contributed by atoms with Crippen molar-refractivity contribution in [2.24, 2.45) is 5.92 Å². The van der Waals surface area contributed by atoms with Gasteiger partial charge in [-0.05, 0) is 64.0 Å². The number of hydrogen-bond acceptors (Lipinski definition) is 2. The molecule has 102 valence electrons. The van der Waals surface area contributed by atoms with Gasteiger partial charge in [-0.3, -0.25) is 4.79 Å². The smallest absolute Gasteiger partial charge is 0.222 e. The molecule has 0 aromatic carbocycles. The lowest BCUT2D eigenvalue weighted by atomic mass is 9.92. The van der Waals surface area contributed by atoms with Crippen LogP contribution in [0.2, 0.25) is 0 Å². The molecule has 0 N–H and O–H groups in total. The fraction of sp³-hybridized carbons (Fsp3) is 0.933. The van der Waals surface area contributed by atoms with E-state index in [1.54, 1.807) is 0 Å². The first-order chi connectivity index (χ1) is 8.83. The average molecular weight is 250 g/mol. The van der Waals surface area contributed by atoms with Crippen molar-refractivity contribution in [3.05, 3.63) is 0 Å². The number of amides is 1. The summed E-state index contributed by atoms with van der Waals surface area (Å²) in [6.45, 7) is 4.50. The molecule has 0 radical (unpaired) electrons. The molecule has 0 bridgehead atoms. The van der Waals surface area contributed by atoms with Crippen molar-refractivity contribution in [1.29, 1.82) is 0 Å². The minimum Gasteiger partial charge on any atom is -0.343 e. The molecule has 3 nitrogen and oxygen atoms in total. The Kier molecular flexibility index (Phi) is 3.88. The highest BCUT2D eigenvalue weighted by molar-refractivity contribution is 5.76. The van der Waals surface area contributed by atoms with Gasteiger partial charge in [0.1, 0.15) is 0 Å². The Morgan fingerprint density at radius 2 is 1.56 bits per heavy atom. The van der Waals surface area contributed by atoms with Crippen molar-refractivity contribution < 1.29 is 4.79 Å². The summed E-state index contributed by atoms with van der Waals surface area (Å²) in [5.74, 6) is 1.09. The summed E-state index contributed by atoms with van der Waals surface area (Å²) in [6.07, 6.45) is 9.88. The molecule has 2 heterocycles. The van der Waals surface area contributed by atoms with Crippen LogP contribution in [0.3, 0.4) is 0 Å². The first-order valence-electron chi connectivity index (χ1n) is 7.85. The molecule has 0 atom stereocenters. The van der Waals surface area contributed by atoms with E-state index in [1.807, 2.05) is 0 Å². The molecule has 0 aromatic rings. The normalized spacial score (nSPS) is 27.4. The molecule has 2 saturated heterocycles. The van der Waals surface area contributed by atoms with E-state index in [1.165, 1.54) is 58.0 Å². The van der Waals surface area contributed by atoms with Crippen molar-refractivity contribution in [3.63, 3.8) is 0 Å². The third-order valence-corrected chi connectivity index (χ3v) is 4.88. The van der Waals surface area contributed by atoms with E-state index in [0.717, 1.165) is 25.6 Å². The molecule has 2 aliphatic heterocycles. The molecule has 18 heavy (non-hydrogen) atoms. The van der Waals surface area contributed by atoms with Crippen molar-refractivity contribution >= 4 is 5.91 Å². The lowest BCUT2D eigenvalue weighted by molar-refractivity contribution is -0.133. The molecule has 1 saturated carbocycles. The first-order valence-corrected chi connectivity index (χ1v) is 7.85. The van der Waals surface area contributed by atoms with Crippen molar-refractivity contribution in [1.82, 2.24) is 9.80 Å². The van der Waals surface area contributed by atoms with Crippen LogP contribution in [-0.2, 0) is 4.79 Å². The fourth-order valence-corrected chi connectivity index (χ4v) is 3.48. The highest BCUT2D eigenvalue weighted by Gasteiger charge is 2.32. The van der Waals surface area contributed by atoms with Gasteiger partial charge in [-0.15, -0.1) is 0 Å². The monoisotopic (exact) mass is 250 g/mol. The number of nitrogens with zero attached hydrogens (tertiary/aromatic N) is 2. The molecule has 0 unspecified atom stereocenters. The zero-order valence-electron chi connectivity index (χ0n) is 11.4. The van der Waals surface area contributed by atoms with E-state index in [9.17, 15) is 4.79 Å². The summed E-state index contributed by atoms with van der Waals surface area (Å²) >= 11 is 0. The second-order valence-corrected chi connectivity index (χ2v) is 6.36. The fourth-order valence-electron chi connectivity index (χ4n) is 3.48. The van der Waals surface area contributed by atoms with Gasteiger partial charge in [0.05, 0.1) is 0 Å². The van der Waals surface area contributed by atoms with Crippen LogP contribution < -0.4 is 0 Å². The van der Waals surface area contributed by atoms with E-state index in [2.05, 4.69) is 9.80 Å². The van der Waals surface area contributed by atoms with Crippen LogP contribution in [0.15, 0.2) is 0 Å². The molecular formula is C15H26N2O. The molecule has 3 rings (SSSR count). The second kappa shape index (κ2) is 5.60. The van der Waals surface area contributed by atoms with Gasteiger partial charge in [-0.2, -0.15) is 0 Å². The Balaban J connectivity index is 1.41. The quantitative estimate of drug-likeness (QED) is 0.767. The van der Waals surface area contributed by atoms with E-state index >= 15 is 0 Å². The zero-order chi connectivity index (χ0) is 12.4. The van der Waals surface area contributed by atoms with Crippen LogP contribution in [0.4, 0.5) is 0 Å². The van der Waals surface area contributed by atoms with E-state index < -0.39 is 0 Å². The Hall–Kier alpha value is -0.570. The highest BCUT2D eigenvalue weighted by atomic mass is 16.2. The summed E-state index contributed by atoms with van der Waals surface area (Å²) in [7, 11) is 0. The molecule has 0 aromatic heterocycles. The number of carbonyl (C=O) groups excluding carboxylic acids is 1. The molecule has 1 aliphatic carbocycles. The van der Waals surface area contributed by atoms with Crippen LogP contribution in [0, 0.1) is 5.92 Å². The van der Waals surface area contributed by atoms with Crippen LogP contribution >= 0.6 is 0 Å². The maximum absolute atomic E-state index is 12.2. The molecule has 3 fully saturated rings. The Morgan fingerprint density at radius 1 is 0.889 bits per heavy atom. The van der Waals surface area contributed by atoms with E-state index in [0.29, 0.717) is 11.8 Å². The van der Waals surface area contributed by atoms with Crippen LogP contribution in [0.25, 0.3) is 0 Å². The lowest BCUT2D eigenvalue weighted by Crippen LogP contribution is -2.39. The van der Waals surface area contributed by atoms with Gasteiger partial charge < -0.3 is 9.80 Å². The first kappa shape index (κ1) is 12.5. The largest absolute Gasteiger partial charge is 0.343 e. The van der Waals surface area contributed by atoms with Crippen LogP contribution in [0.1, 0.15) is 51.4 Å². The van der Waals surface area contributed by atoms with E-state index in [-0.39, 0.29) is 0 Å². The Morgan fingerprint density at radius 3 is 2.17 bits per heavy atom. The Labute approximate surface area is 111 Å². The minimum atomic E-state index is 0.430. The van der Waals surface area contributed by atoms with Gasteiger partial charge in [0.15, 0.2) is 0 Å². The van der Waals surface area contributed by atoms with Gasteiger partial charge in [-0.1, -0.05) is 0 Å². The van der Waals surface area contributed by atoms with Crippen LogP contribution in [0.5, 0.6) is 0 Å². The number of carbonyl (C=O) groups is 1. The maximum Gasteiger partial charge on any atom is 0.222 e.